The maximum Gasteiger partial charge on any atom is 0.248 e. The maximum absolute atomic E-state index is 10.8. The molecule has 0 radical (unpaired) electrons. The molecule has 0 bridgehead atoms. The molecule has 0 aromatic heterocycles. The molecule has 92 valence electrons. The molecule has 0 aliphatic heterocycles. The van der Waals surface area contributed by atoms with Crippen molar-refractivity contribution in [2.24, 2.45) is 32.9 Å². The van der Waals surface area contributed by atoms with Crippen molar-refractivity contribution >= 4 is 35.9 Å². The Morgan fingerprint density at radius 3 is 1.94 bits per heavy atom. The zero-order valence-electron chi connectivity index (χ0n) is 8.83. The molecule has 0 unspecified atom stereocenters. The van der Waals surface area contributed by atoms with Crippen LogP contribution in [0.5, 0.6) is 0 Å². The van der Waals surface area contributed by atoms with Crippen LogP contribution in [0.1, 0.15) is 10.4 Å². The number of carbonyl (C=O) groups is 1. The van der Waals surface area contributed by atoms with E-state index in [0.717, 1.165) is 0 Å². The van der Waals surface area contributed by atoms with Crippen LogP contribution >= 0.6 is 12.4 Å². The molecule has 1 amide bonds. The summed E-state index contributed by atoms with van der Waals surface area (Å²) in [5.41, 5.74) is 21.6. The Kier molecular flexibility index (Phi) is 5.48. The lowest BCUT2D eigenvalue weighted by atomic mass is 10.2. The first-order valence-corrected chi connectivity index (χ1v) is 4.32. The van der Waals surface area contributed by atoms with E-state index in [1.807, 2.05) is 0 Å². The standard InChI is InChI=1S/C9H12N6O.ClH/c10-7(16)5-1-3-6(4-2-5)14-9(13)15-8(11)12;/h1-4H,(H2,10,16)(H6,11,12,13,14,15);1H. The summed E-state index contributed by atoms with van der Waals surface area (Å²) in [6, 6.07) is 6.22. The summed E-state index contributed by atoms with van der Waals surface area (Å²) in [4.78, 5) is 18.2. The number of nitrogens with two attached hydrogens (primary N) is 4. The monoisotopic (exact) mass is 256 g/mol. The maximum atomic E-state index is 10.8. The molecule has 0 aliphatic carbocycles. The predicted molar refractivity (Wildman–Crippen MR) is 69.3 cm³/mol. The second kappa shape index (κ2) is 6.33. The van der Waals surface area contributed by atoms with Gasteiger partial charge in [-0.1, -0.05) is 0 Å². The van der Waals surface area contributed by atoms with E-state index in [1.165, 1.54) is 12.1 Å². The van der Waals surface area contributed by atoms with Crippen LogP contribution in [0.15, 0.2) is 34.3 Å². The second-order valence-corrected chi connectivity index (χ2v) is 2.92. The average molecular weight is 257 g/mol. The fourth-order valence-electron chi connectivity index (χ4n) is 0.990. The second-order valence-electron chi connectivity index (χ2n) is 2.92. The molecule has 0 saturated heterocycles. The molecular formula is C9H13ClN6O. The van der Waals surface area contributed by atoms with Crippen molar-refractivity contribution < 1.29 is 4.79 Å². The molecule has 0 aliphatic rings. The highest BCUT2D eigenvalue weighted by atomic mass is 35.5. The molecular weight excluding hydrogens is 244 g/mol. The SMILES string of the molecule is Cl.NC(=O)c1ccc(N=C(N)N=C(N)N)cc1. The Balaban J connectivity index is 0.00000256. The number of hydrogen-bond donors (Lipinski definition) is 4. The topological polar surface area (TPSA) is 146 Å². The van der Waals surface area contributed by atoms with Gasteiger partial charge >= 0.3 is 0 Å². The van der Waals surface area contributed by atoms with E-state index in [0.29, 0.717) is 11.3 Å². The van der Waals surface area contributed by atoms with Crippen LogP contribution in [0.25, 0.3) is 0 Å². The van der Waals surface area contributed by atoms with E-state index in [2.05, 4.69) is 9.98 Å². The first-order chi connectivity index (χ1) is 7.49. The summed E-state index contributed by atoms with van der Waals surface area (Å²) in [5, 5.41) is 0. The fourth-order valence-corrected chi connectivity index (χ4v) is 0.990. The van der Waals surface area contributed by atoms with Crippen LogP contribution in [0.4, 0.5) is 5.69 Å². The van der Waals surface area contributed by atoms with Crippen molar-refractivity contribution in [3.05, 3.63) is 29.8 Å². The first-order valence-electron chi connectivity index (χ1n) is 4.32. The Morgan fingerprint density at radius 2 is 1.53 bits per heavy atom. The van der Waals surface area contributed by atoms with E-state index in [-0.39, 0.29) is 24.3 Å². The Hall–Kier alpha value is -2.28. The van der Waals surface area contributed by atoms with Gasteiger partial charge in [-0.2, -0.15) is 4.99 Å². The Bertz CT molecular complexity index is 449. The third-order valence-electron chi connectivity index (χ3n) is 1.64. The molecule has 0 heterocycles. The zero-order valence-corrected chi connectivity index (χ0v) is 9.65. The van der Waals surface area contributed by atoms with Gasteiger partial charge in [-0.15, -0.1) is 12.4 Å². The summed E-state index contributed by atoms with van der Waals surface area (Å²) < 4.78 is 0. The van der Waals surface area contributed by atoms with Crippen molar-refractivity contribution in [3.63, 3.8) is 0 Å². The lowest BCUT2D eigenvalue weighted by molar-refractivity contribution is 0.100. The van der Waals surface area contributed by atoms with Crippen LogP contribution in [0.3, 0.4) is 0 Å². The number of primary amides is 1. The van der Waals surface area contributed by atoms with Gasteiger partial charge in [0.2, 0.25) is 11.9 Å². The largest absolute Gasteiger partial charge is 0.370 e. The predicted octanol–water partition coefficient (Wildman–Crippen LogP) is -0.573. The molecule has 8 N–H and O–H groups in total. The number of nitrogens with zero attached hydrogens (tertiary/aromatic N) is 2. The summed E-state index contributed by atoms with van der Waals surface area (Å²) in [7, 11) is 0. The summed E-state index contributed by atoms with van der Waals surface area (Å²) >= 11 is 0. The van der Waals surface area contributed by atoms with E-state index in [1.54, 1.807) is 12.1 Å². The van der Waals surface area contributed by atoms with Crippen molar-refractivity contribution in [3.8, 4) is 0 Å². The highest BCUT2D eigenvalue weighted by Gasteiger charge is 1.99. The summed E-state index contributed by atoms with van der Waals surface area (Å²) in [5.74, 6) is -0.741. The van der Waals surface area contributed by atoms with Crippen molar-refractivity contribution in [1.82, 2.24) is 0 Å². The lowest BCUT2D eigenvalue weighted by Gasteiger charge is -1.97. The third-order valence-corrected chi connectivity index (χ3v) is 1.64. The van der Waals surface area contributed by atoms with Crippen molar-refractivity contribution in [1.29, 1.82) is 0 Å². The zero-order chi connectivity index (χ0) is 12.1. The molecule has 0 fully saturated rings. The number of hydrogen-bond acceptors (Lipinski definition) is 2. The molecule has 1 aromatic carbocycles. The number of carbonyl (C=O) groups excluding carboxylic acids is 1. The minimum absolute atomic E-state index is 0. The Morgan fingerprint density at radius 1 is 1.00 bits per heavy atom. The van der Waals surface area contributed by atoms with Gasteiger partial charge in [0, 0.05) is 5.56 Å². The van der Waals surface area contributed by atoms with Gasteiger partial charge < -0.3 is 22.9 Å². The van der Waals surface area contributed by atoms with E-state index >= 15 is 0 Å². The van der Waals surface area contributed by atoms with Crippen LogP contribution in [0.2, 0.25) is 0 Å². The van der Waals surface area contributed by atoms with Gasteiger partial charge in [-0.3, -0.25) is 4.79 Å². The molecule has 1 rings (SSSR count). The van der Waals surface area contributed by atoms with Crippen LogP contribution < -0.4 is 22.9 Å². The summed E-state index contributed by atoms with van der Waals surface area (Å²) in [6.45, 7) is 0. The minimum Gasteiger partial charge on any atom is -0.370 e. The van der Waals surface area contributed by atoms with Gasteiger partial charge in [0.05, 0.1) is 5.69 Å². The quantitative estimate of drug-likeness (QED) is 0.414. The number of guanidine groups is 2. The van der Waals surface area contributed by atoms with Gasteiger partial charge in [0.25, 0.3) is 0 Å². The molecule has 17 heavy (non-hydrogen) atoms. The molecule has 7 nitrogen and oxygen atoms in total. The summed E-state index contributed by atoms with van der Waals surface area (Å²) in [6.07, 6.45) is 0. The number of halogens is 1. The normalized spacial score (nSPS) is 10.2. The molecule has 0 saturated carbocycles. The van der Waals surface area contributed by atoms with E-state index < -0.39 is 5.91 Å². The first kappa shape index (κ1) is 14.7. The van der Waals surface area contributed by atoms with Crippen LogP contribution in [0, 0.1) is 0 Å². The molecule has 0 spiro atoms. The number of benzene rings is 1. The van der Waals surface area contributed by atoms with Gasteiger partial charge in [-0.05, 0) is 24.3 Å². The van der Waals surface area contributed by atoms with Crippen LogP contribution in [-0.4, -0.2) is 17.8 Å². The average Bonchev–Trinajstić information content (AvgIpc) is 2.16. The number of amides is 1. The highest BCUT2D eigenvalue weighted by Crippen LogP contribution is 2.12. The van der Waals surface area contributed by atoms with Crippen molar-refractivity contribution in [2.45, 2.75) is 0 Å². The molecule has 0 atom stereocenters. The lowest BCUT2D eigenvalue weighted by Crippen LogP contribution is -2.26. The fraction of sp³-hybridized carbons (Fsp3) is 0. The third kappa shape index (κ3) is 4.85. The highest BCUT2D eigenvalue weighted by molar-refractivity contribution is 5.94. The van der Waals surface area contributed by atoms with Gasteiger partial charge in [-0.25, -0.2) is 4.99 Å². The van der Waals surface area contributed by atoms with E-state index in [4.69, 9.17) is 22.9 Å². The smallest absolute Gasteiger partial charge is 0.248 e. The number of aliphatic imine (C=N–C) groups is 2. The minimum atomic E-state index is -0.507. The number of rotatable bonds is 2. The van der Waals surface area contributed by atoms with Gasteiger partial charge in [0.1, 0.15) is 0 Å². The van der Waals surface area contributed by atoms with Crippen molar-refractivity contribution in [2.75, 3.05) is 0 Å². The molecule has 1 aromatic rings. The Labute approximate surface area is 104 Å². The van der Waals surface area contributed by atoms with Gasteiger partial charge in [0.15, 0.2) is 5.96 Å². The van der Waals surface area contributed by atoms with Crippen LogP contribution in [-0.2, 0) is 0 Å². The molecule has 8 heteroatoms. The van der Waals surface area contributed by atoms with E-state index in [9.17, 15) is 4.79 Å².